The molecule has 0 N–H and O–H groups in total. The van der Waals surface area contributed by atoms with E-state index >= 15 is 0 Å². The predicted octanol–water partition coefficient (Wildman–Crippen LogP) is 3.69. The van der Waals surface area contributed by atoms with E-state index in [4.69, 9.17) is 9.47 Å². The molecule has 0 unspecified atom stereocenters. The van der Waals surface area contributed by atoms with Gasteiger partial charge in [0.1, 0.15) is 17.2 Å². The predicted molar refractivity (Wildman–Crippen MR) is 78.0 cm³/mol. The molecule has 1 amide bonds. The number of nitrogens with zero attached hydrogens (tertiary/aromatic N) is 1. The lowest BCUT2D eigenvalue weighted by atomic mass is 9.92. The number of rotatable bonds is 1. The van der Waals surface area contributed by atoms with Crippen molar-refractivity contribution >= 4 is 6.09 Å². The number of ether oxygens (including phenoxy) is 2. The van der Waals surface area contributed by atoms with Gasteiger partial charge in [-0.2, -0.15) is 0 Å². The second-order valence-electron chi connectivity index (χ2n) is 6.24. The Kier molecular flexibility index (Phi) is 4.12. The lowest BCUT2D eigenvalue weighted by molar-refractivity contribution is 0.0155. The number of methoxy groups -OCH3 is 1. The molecule has 5 heteroatoms. The molecule has 1 atom stereocenters. The molecule has 0 saturated heterocycles. The molecule has 0 fully saturated rings. The van der Waals surface area contributed by atoms with Crippen molar-refractivity contribution in [2.24, 2.45) is 0 Å². The summed E-state index contributed by atoms with van der Waals surface area (Å²) in [6.45, 7) is 7.75. The number of carbonyl (C=O) groups excluding carboxylic acids is 1. The lowest BCUT2D eigenvalue weighted by Crippen LogP contribution is -2.42. The SMILES string of the molecule is COc1ccc(F)c2c1CCN(C(=O)OC(C)(C)C)[C@H]2C. The largest absolute Gasteiger partial charge is 0.496 e. The van der Waals surface area contributed by atoms with Gasteiger partial charge in [0.15, 0.2) is 0 Å². The molecule has 21 heavy (non-hydrogen) atoms. The Morgan fingerprint density at radius 1 is 1.38 bits per heavy atom. The number of hydrogen-bond acceptors (Lipinski definition) is 3. The number of fused-ring (bicyclic) bond motifs is 1. The van der Waals surface area contributed by atoms with E-state index in [0.29, 0.717) is 24.3 Å². The van der Waals surface area contributed by atoms with Crippen molar-refractivity contribution < 1.29 is 18.7 Å². The summed E-state index contributed by atoms with van der Waals surface area (Å²) in [5.74, 6) is 0.355. The van der Waals surface area contributed by atoms with Crippen molar-refractivity contribution in [2.45, 2.75) is 45.8 Å². The van der Waals surface area contributed by atoms with Crippen LogP contribution >= 0.6 is 0 Å². The summed E-state index contributed by atoms with van der Waals surface area (Å²) in [7, 11) is 1.57. The summed E-state index contributed by atoms with van der Waals surface area (Å²) >= 11 is 0. The van der Waals surface area contributed by atoms with Gasteiger partial charge >= 0.3 is 6.09 Å². The number of amides is 1. The zero-order chi connectivity index (χ0) is 15.8. The fourth-order valence-corrected chi connectivity index (χ4v) is 2.67. The monoisotopic (exact) mass is 295 g/mol. The van der Waals surface area contributed by atoms with Crippen LogP contribution in [0.25, 0.3) is 0 Å². The molecule has 0 radical (unpaired) electrons. The molecular formula is C16H22FNO3. The minimum absolute atomic E-state index is 0.313. The Labute approximate surface area is 124 Å². The number of carbonyl (C=O) groups is 1. The van der Waals surface area contributed by atoms with Crippen LogP contribution in [-0.4, -0.2) is 30.2 Å². The van der Waals surface area contributed by atoms with Crippen LogP contribution in [0.2, 0.25) is 0 Å². The Balaban J connectivity index is 2.32. The fraction of sp³-hybridized carbons (Fsp3) is 0.562. The van der Waals surface area contributed by atoms with Gasteiger partial charge in [0.25, 0.3) is 0 Å². The topological polar surface area (TPSA) is 38.8 Å². The van der Waals surface area contributed by atoms with Crippen molar-refractivity contribution in [1.82, 2.24) is 4.90 Å². The molecule has 1 aromatic rings. The maximum absolute atomic E-state index is 14.2. The average Bonchev–Trinajstić information content (AvgIpc) is 2.37. The first-order valence-corrected chi connectivity index (χ1v) is 7.09. The first-order valence-electron chi connectivity index (χ1n) is 7.09. The third-order valence-electron chi connectivity index (χ3n) is 3.60. The van der Waals surface area contributed by atoms with Crippen molar-refractivity contribution in [3.05, 3.63) is 29.1 Å². The van der Waals surface area contributed by atoms with E-state index in [2.05, 4.69) is 0 Å². The number of halogens is 1. The lowest BCUT2D eigenvalue weighted by Gasteiger charge is -2.36. The molecule has 1 heterocycles. The third-order valence-corrected chi connectivity index (χ3v) is 3.60. The normalized spacial score (nSPS) is 18.2. The Bertz CT molecular complexity index is 551. The highest BCUT2D eigenvalue weighted by Crippen LogP contribution is 2.37. The van der Waals surface area contributed by atoms with Gasteiger partial charge in [0.05, 0.1) is 13.2 Å². The molecule has 116 valence electrons. The van der Waals surface area contributed by atoms with E-state index in [-0.39, 0.29) is 11.9 Å². The zero-order valence-corrected chi connectivity index (χ0v) is 13.2. The first kappa shape index (κ1) is 15.6. The summed E-state index contributed by atoms with van der Waals surface area (Å²) in [6.07, 6.45) is 0.141. The van der Waals surface area contributed by atoms with Gasteiger partial charge in [0.2, 0.25) is 0 Å². The molecule has 4 nitrogen and oxygen atoms in total. The van der Waals surface area contributed by atoms with Crippen LogP contribution in [0.4, 0.5) is 9.18 Å². The first-order chi connectivity index (χ1) is 9.74. The molecule has 0 spiro atoms. The minimum Gasteiger partial charge on any atom is -0.496 e. The fourth-order valence-electron chi connectivity index (χ4n) is 2.67. The van der Waals surface area contributed by atoms with Gasteiger partial charge in [-0.15, -0.1) is 0 Å². The standard InChI is InChI=1S/C16H22FNO3/c1-10-14-11(13(20-5)7-6-12(14)17)8-9-18(10)15(19)21-16(2,3)4/h6-7,10H,8-9H2,1-5H3/t10-/m0/s1. The molecule has 0 aromatic heterocycles. The Morgan fingerprint density at radius 3 is 2.62 bits per heavy atom. The van der Waals surface area contributed by atoms with Crippen LogP contribution in [0.3, 0.4) is 0 Å². The van der Waals surface area contributed by atoms with Crippen LogP contribution < -0.4 is 4.74 Å². The van der Waals surface area contributed by atoms with Crippen molar-refractivity contribution in [2.75, 3.05) is 13.7 Å². The van der Waals surface area contributed by atoms with Gasteiger partial charge in [-0.25, -0.2) is 9.18 Å². The number of hydrogen-bond donors (Lipinski definition) is 0. The third kappa shape index (κ3) is 3.12. The second kappa shape index (κ2) is 5.54. The van der Waals surface area contributed by atoms with E-state index in [0.717, 1.165) is 5.56 Å². The average molecular weight is 295 g/mol. The van der Waals surface area contributed by atoms with E-state index in [1.807, 2.05) is 27.7 Å². The van der Waals surface area contributed by atoms with Crippen LogP contribution in [0.5, 0.6) is 5.75 Å². The van der Waals surface area contributed by atoms with Gasteiger partial charge in [-0.05, 0) is 46.2 Å². The molecule has 0 saturated carbocycles. The van der Waals surface area contributed by atoms with Crippen LogP contribution in [-0.2, 0) is 11.2 Å². The van der Waals surface area contributed by atoms with Gasteiger partial charge in [-0.3, -0.25) is 0 Å². The van der Waals surface area contributed by atoms with Crippen molar-refractivity contribution in [3.63, 3.8) is 0 Å². The molecular weight excluding hydrogens is 273 g/mol. The summed E-state index contributed by atoms with van der Waals surface area (Å²) in [6, 6.07) is 2.63. The van der Waals surface area contributed by atoms with E-state index in [1.54, 1.807) is 18.1 Å². The second-order valence-corrected chi connectivity index (χ2v) is 6.24. The zero-order valence-electron chi connectivity index (χ0n) is 13.2. The minimum atomic E-state index is -0.565. The van der Waals surface area contributed by atoms with E-state index < -0.39 is 11.7 Å². The quantitative estimate of drug-likeness (QED) is 0.793. The highest BCUT2D eigenvalue weighted by molar-refractivity contribution is 5.69. The number of benzene rings is 1. The van der Waals surface area contributed by atoms with Gasteiger partial charge in [0, 0.05) is 17.7 Å². The van der Waals surface area contributed by atoms with Gasteiger partial charge in [-0.1, -0.05) is 0 Å². The summed E-state index contributed by atoms with van der Waals surface area (Å²) in [5, 5.41) is 0. The Hall–Kier alpha value is -1.78. The molecule has 1 aliphatic heterocycles. The van der Waals surface area contributed by atoms with Crippen molar-refractivity contribution in [1.29, 1.82) is 0 Å². The molecule has 0 aliphatic carbocycles. The van der Waals surface area contributed by atoms with E-state index in [9.17, 15) is 9.18 Å². The van der Waals surface area contributed by atoms with Gasteiger partial charge < -0.3 is 14.4 Å². The van der Waals surface area contributed by atoms with Crippen LogP contribution in [0.15, 0.2) is 12.1 Å². The highest BCUT2D eigenvalue weighted by Gasteiger charge is 2.34. The molecule has 2 rings (SSSR count). The van der Waals surface area contributed by atoms with Crippen LogP contribution in [0, 0.1) is 5.82 Å². The van der Waals surface area contributed by atoms with E-state index in [1.165, 1.54) is 6.07 Å². The molecule has 1 aliphatic rings. The van der Waals surface area contributed by atoms with Crippen molar-refractivity contribution in [3.8, 4) is 5.75 Å². The summed E-state index contributed by atoms with van der Waals surface area (Å²) in [4.78, 5) is 13.8. The maximum atomic E-state index is 14.2. The molecule has 0 bridgehead atoms. The van der Waals surface area contributed by atoms with Crippen LogP contribution in [0.1, 0.15) is 44.9 Å². The summed E-state index contributed by atoms with van der Waals surface area (Å²) in [5.41, 5.74) is 0.792. The Morgan fingerprint density at radius 2 is 2.05 bits per heavy atom. The molecule has 1 aromatic carbocycles. The smallest absolute Gasteiger partial charge is 0.410 e. The maximum Gasteiger partial charge on any atom is 0.410 e. The summed E-state index contributed by atoms with van der Waals surface area (Å²) < 4.78 is 24.9. The highest BCUT2D eigenvalue weighted by atomic mass is 19.1.